The van der Waals surface area contributed by atoms with Gasteiger partial charge in [-0.05, 0) is 93.3 Å². The van der Waals surface area contributed by atoms with E-state index in [0.29, 0.717) is 22.0 Å². The van der Waals surface area contributed by atoms with Crippen LogP contribution in [0.2, 0.25) is 10.0 Å². The zero-order valence-corrected chi connectivity index (χ0v) is 20.2. The fourth-order valence-electron chi connectivity index (χ4n) is 5.27. The molecule has 2 aromatic rings. The van der Waals surface area contributed by atoms with E-state index < -0.39 is 0 Å². The van der Waals surface area contributed by atoms with E-state index in [0.717, 1.165) is 31.2 Å². The summed E-state index contributed by atoms with van der Waals surface area (Å²) in [6, 6.07) is 15.2. The number of halogens is 2. The molecule has 0 radical (unpaired) electrons. The normalized spacial score (nSPS) is 22.8. The van der Waals surface area contributed by atoms with Crippen LogP contribution in [0.15, 0.2) is 48.5 Å². The maximum Gasteiger partial charge on any atom is 0.244 e. The van der Waals surface area contributed by atoms with Gasteiger partial charge in [0, 0.05) is 18.2 Å². The molecule has 32 heavy (non-hydrogen) atoms. The van der Waals surface area contributed by atoms with Gasteiger partial charge in [0.2, 0.25) is 5.91 Å². The third-order valence-corrected chi connectivity index (χ3v) is 7.95. The molecule has 0 spiro atoms. The van der Waals surface area contributed by atoms with Gasteiger partial charge in [-0.15, -0.1) is 0 Å². The number of amides is 1. The van der Waals surface area contributed by atoms with Gasteiger partial charge in [-0.25, -0.2) is 0 Å². The van der Waals surface area contributed by atoms with E-state index in [9.17, 15) is 4.79 Å². The van der Waals surface area contributed by atoms with Gasteiger partial charge in [-0.3, -0.25) is 4.79 Å². The molecule has 2 aromatic carbocycles. The van der Waals surface area contributed by atoms with Crippen molar-refractivity contribution in [3.8, 4) is 0 Å². The smallest absolute Gasteiger partial charge is 0.244 e. The second kappa shape index (κ2) is 10.9. The van der Waals surface area contributed by atoms with E-state index in [4.69, 9.17) is 23.2 Å². The van der Waals surface area contributed by atoms with Gasteiger partial charge in [-0.2, -0.15) is 0 Å². The minimum atomic E-state index is -0.0662. The summed E-state index contributed by atoms with van der Waals surface area (Å²) >= 11 is 12.2. The molecule has 170 valence electrons. The third-order valence-electron chi connectivity index (χ3n) is 7.11. The number of piperidine rings is 1. The van der Waals surface area contributed by atoms with Crippen LogP contribution in [-0.2, 0) is 4.79 Å². The van der Waals surface area contributed by atoms with Crippen LogP contribution >= 0.6 is 23.2 Å². The largest absolute Gasteiger partial charge is 0.350 e. The van der Waals surface area contributed by atoms with Crippen LogP contribution in [0.4, 0.5) is 0 Å². The van der Waals surface area contributed by atoms with Gasteiger partial charge in [0.1, 0.15) is 0 Å². The van der Waals surface area contributed by atoms with Crippen molar-refractivity contribution in [3.63, 3.8) is 0 Å². The van der Waals surface area contributed by atoms with Crippen molar-refractivity contribution in [3.05, 3.63) is 75.3 Å². The Labute approximate surface area is 201 Å². The van der Waals surface area contributed by atoms with Crippen LogP contribution in [0, 0.1) is 6.92 Å². The molecule has 5 heteroatoms. The number of nitrogens with one attached hydrogen (secondary N) is 1. The standard InChI is InChI=1S/C27H32Cl2N2O/c1-19-5-2-3-7-24(19)20-15-17-31(18-16-20)23-12-10-22(11-13-23)30-26(32)14-9-21-6-4-8-25(28)27(21)29/h2-9,14,20,22-23H,10-13,15-18H2,1H3,(H,30,32)/b14-9+. The Kier molecular flexibility index (Phi) is 7.93. The van der Waals surface area contributed by atoms with Gasteiger partial charge < -0.3 is 10.2 Å². The number of likely N-dealkylation sites (tertiary alicyclic amines) is 1. The first-order valence-electron chi connectivity index (χ1n) is 11.7. The SMILES string of the molecule is Cc1ccccc1C1CCN(C2CCC(NC(=O)/C=C/c3cccc(Cl)c3Cl)CC2)CC1. The van der Waals surface area contributed by atoms with Gasteiger partial charge >= 0.3 is 0 Å². The molecular weight excluding hydrogens is 439 g/mol. The summed E-state index contributed by atoms with van der Waals surface area (Å²) in [6.45, 7) is 4.60. The summed E-state index contributed by atoms with van der Waals surface area (Å²) in [6.07, 6.45) is 10.2. The Morgan fingerprint density at radius 2 is 1.69 bits per heavy atom. The summed E-state index contributed by atoms with van der Waals surface area (Å²) in [5, 5.41) is 4.13. The highest BCUT2D eigenvalue weighted by molar-refractivity contribution is 6.42. The van der Waals surface area contributed by atoms with E-state index in [2.05, 4.69) is 41.4 Å². The summed E-state index contributed by atoms with van der Waals surface area (Å²) in [4.78, 5) is 15.1. The van der Waals surface area contributed by atoms with Crippen LogP contribution in [0.1, 0.15) is 61.1 Å². The molecule has 1 N–H and O–H groups in total. The van der Waals surface area contributed by atoms with Crippen molar-refractivity contribution in [2.45, 2.75) is 63.5 Å². The number of nitrogens with zero attached hydrogens (tertiary/aromatic N) is 1. The molecule has 1 saturated heterocycles. The predicted octanol–water partition coefficient (Wildman–Crippen LogP) is 6.62. The number of benzene rings is 2. The average molecular weight is 471 g/mol. The second-order valence-electron chi connectivity index (χ2n) is 9.16. The fraction of sp³-hybridized carbons (Fsp3) is 0.444. The first kappa shape index (κ1) is 23.4. The topological polar surface area (TPSA) is 32.3 Å². The predicted molar refractivity (Wildman–Crippen MR) is 134 cm³/mol. The molecule has 4 rings (SSSR count). The Morgan fingerprint density at radius 3 is 2.41 bits per heavy atom. The lowest BCUT2D eigenvalue weighted by Crippen LogP contribution is -2.46. The van der Waals surface area contributed by atoms with Crippen LogP contribution in [0.25, 0.3) is 6.08 Å². The molecule has 1 aliphatic heterocycles. The molecule has 0 atom stereocenters. The molecule has 0 unspecified atom stereocenters. The van der Waals surface area contributed by atoms with E-state index >= 15 is 0 Å². The average Bonchev–Trinajstić information content (AvgIpc) is 2.81. The second-order valence-corrected chi connectivity index (χ2v) is 9.94. The highest BCUT2D eigenvalue weighted by atomic mass is 35.5. The summed E-state index contributed by atoms with van der Waals surface area (Å²) < 4.78 is 0. The first-order valence-corrected chi connectivity index (χ1v) is 12.5. The van der Waals surface area contributed by atoms with Crippen LogP contribution in [0.3, 0.4) is 0 Å². The number of carbonyl (C=O) groups excluding carboxylic acids is 1. The Balaban J connectivity index is 1.22. The summed E-state index contributed by atoms with van der Waals surface area (Å²) in [5.74, 6) is 0.631. The monoisotopic (exact) mass is 470 g/mol. The molecule has 1 amide bonds. The molecule has 2 aliphatic rings. The first-order chi connectivity index (χ1) is 15.5. The van der Waals surface area contributed by atoms with Crippen molar-refractivity contribution in [1.82, 2.24) is 10.2 Å². The van der Waals surface area contributed by atoms with Crippen LogP contribution < -0.4 is 5.32 Å². The maximum atomic E-state index is 12.4. The van der Waals surface area contributed by atoms with E-state index in [1.165, 1.54) is 37.1 Å². The summed E-state index contributed by atoms with van der Waals surface area (Å²) in [5.41, 5.74) is 3.71. The molecule has 0 bridgehead atoms. The fourth-order valence-corrected chi connectivity index (χ4v) is 5.64. The lowest BCUT2D eigenvalue weighted by atomic mass is 9.84. The number of hydrogen-bond donors (Lipinski definition) is 1. The van der Waals surface area contributed by atoms with Crippen molar-refractivity contribution in [2.75, 3.05) is 13.1 Å². The van der Waals surface area contributed by atoms with Crippen LogP contribution in [-0.4, -0.2) is 36.0 Å². The van der Waals surface area contributed by atoms with Gasteiger partial charge in [0.25, 0.3) is 0 Å². The molecule has 3 nitrogen and oxygen atoms in total. The number of rotatable bonds is 5. The zero-order valence-electron chi connectivity index (χ0n) is 18.7. The number of carbonyl (C=O) groups is 1. The van der Waals surface area contributed by atoms with Gasteiger partial charge in [0.05, 0.1) is 10.0 Å². The van der Waals surface area contributed by atoms with Crippen molar-refractivity contribution < 1.29 is 4.79 Å². The Morgan fingerprint density at radius 1 is 0.969 bits per heavy atom. The molecule has 1 aliphatic carbocycles. The van der Waals surface area contributed by atoms with Gasteiger partial charge in [-0.1, -0.05) is 59.6 Å². The molecule has 1 heterocycles. The quantitative estimate of drug-likeness (QED) is 0.497. The van der Waals surface area contributed by atoms with Crippen molar-refractivity contribution in [1.29, 1.82) is 0 Å². The van der Waals surface area contributed by atoms with Gasteiger partial charge in [0.15, 0.2) is 0 Å². The van der Waals surface area contributed by atoms with E-state index in [-0.39, 0.29) is 11.9 Å². The minimum Gasteiger partial charge on any atom is -0.350 e. The molecule has 0 aromatic heterocycles. The van der Waals surface area contributed by atoms with Crippen molar-refractivity contribution in [2.24, 2.45) is 0 Å². The highest BCUT2D eigenvalue weighted by Crippen LogP contribution is 2.33. The molecule has 1 saturated carbocycles. The Hall–Kier alpha value is -1.81. The minimum absolute atomic E-state index is 0.0662. The van der Waals surface area contributed by atoms with E-state index in [1.807, 2.05) is 12.1 Å². The lowest BCUT2D eigenvalue weighted by Gasteiger charge is -2.41. The molecule has 2 fully saturated rings. The lowest BCUT2D eigenvalue weighted by molar-refractivity contribution is -0.117. The Bertz CT molecular complexity index is 958. The number of aryl methyl sites for hydroxylation is 1. The summed E-state index contributed by atoms with van der Waals surface area (Å²) in [7, 11) is 0. The molecular formula is C27H32Cl2N2O. The third kappa shape index (κ3) is 5.75. The number of hydrogen-bond acceptors (Lipinski definition) is 2. The van der Waals surface area contributed by atoms with E-state index in [1.54, 1.807) is 18.2 Å². The zero-order chi connectivity index (χ0) is 22.5. The van der Waals surface area contributed by atoms with Crippen molar-refractivity contribution >= 4 is 35.2 Å². The maximum absolute atomic E-state index is 12.4. The van der Waals surface area contributed by atoms with Crippen LogP contribution in [0.5, 0.6) is 0 Å². The highest BCUT2D eigenvalue weighted by Gasteiger charge is 2.30.